The Balaban J connectivity index is 2.26. The zero-order valence-electron chi connectivity index (χ0n) is 19.3. The van der Waals surface area contributed by atoms with Gasteiger partial charge in [0, 0.05) is 6.10 Å². The number of hydrogen-bond donors (Lipinski definition) is 0. The van der Waals surface area contributed by atoms with Crippen molar-refractivity contribution >= 4 is 8.32 Å². The summed E-state index contributed by atoms with van der Waals surface area (Å²) in [6.07, 6.45) is 19.5. The van der Waals surface area contributed by atoms with E-state index in [0.29, 0.717) is 22.5 Å². The van der Waals surface area contributed by atoms with Gasteiger partial charge in [0.2, 0.25) is 0 Å². The van der Waals surface area contributed by atoms with E-state index in [2.05, 4.69) is 85.0 Å². The summed E-state index contributed by atoms with van der Waals surface area (Å²) in [6.45, 7) is 18.8. The average Bonchev–Trinajstić information content (AvgIpc) is 2.92. The van der Waals surface area contributed by atoms with E-state index in [1.807, 2.05) is 0 Å². The van der Waals surface area contributed by atoms with E-state index in [0.717, 1.165) is 12.3 Å². The molecule has 2 fully saturated rings. The molecule has 0 aromatic heterocycles. The molecule has 0 aromatic carbocycles. The fourth-order valence-corrected chi connectivity index (χ4v) is 6.62. The van der Waals surface area contributed by atoms with Gasteiger partial charge in [0.05, 0.1) is 0 Å². The maximum atomic E-state index is 7.00. The van der Waals surface area contributed by atoms with Crippen LogP contribution >= 0.6 is 0 Å². The minimum Gasteiger partial charge on any atom is -0.414 e. The lowest BCUT2D eigenvalue weighted by molar-refractivity contribution is -0.00368. The first-order valence-corrected chi connectivity index (χ1v) is 14.1. The van der Waals surface area contributed by atoms with Gasteiger partial charge in [0.1, 0.15) is 0 Å². The zero-order chi connectivity index (χ0) is 20.3. The van der Waals surface area contributed by atoms with Gasteiger partial charge in [-0.3, -0.25) is 0 Å². The van der Waals surface area contributed by atoms with Crippen LogP contribution in [-0.2, 0) is 4.43 Å². The maximum Gasteiger partial charge on any atom is 0.192 e. The first-order valence-electron chi connectivity index (χ1n) is 11.2. The molecular formula is C25H44OSi. The van der Waals surface area contributed by atoms with Crippen molar-refractivity contribution in [2.24, 2.45) is 17.3 Å². The van der Waals surface area contributed by atoms with Crippen LogP contribution < -0.4 is 0 Å². The summed E-state index contributed by atoms with van der Waals surface area (Å²) in [6, 6.07) is 0. The van der Waals surface area contributed by atoms with Crippen molar-refractivity contribution in [2.75, 3.05) is 0 Å². The zero-order valence-corrected chi connectivity index (χ0v) is 20.3. The van der Waals surface area contributed by atoms with Gasteiger partial charge in [-0.15, -0.1) is 0 Å². The molecule has 0 radical (unpaired) electrons. The summed E-state index contributed by atoms with van der Waals surface area (Å²) in [4.78, 5) is 0. The van der Waals surface area contributed by atoms with Gasteiger partial charge < -0.3 is 4.43 Å². The highest BCUT2D eigenvalue weighted by Gasteiger charge is 2.53. The van der Waals surface area contributed by atoms with Crippen LogP contribution in [0.3, 0.4) is 0 Å². The Hall–Kier alpha value is -0.603. The number of fused-ring (bicyclic) bond motifs is 1. The molecule has 0 spiro atoms. The predicted octanol–water partition coefficient (Wildman–Crippen LogP) is 8.06. The molecule has 2 aliphatic rings. The average molecular weight is 389 g/mol. The number of rotatable bonds is 6. The Morgan fingerprint density at radius 2 is 1.81 bits per heavy atom. The summed E-state index contributed by atoms with van der Waals surface area (Å²) in [7, 11) is -1.71. The first-order chi connectivity index (χ1) is 12.6. The maximum absolute atomic E-state index is 7.00. The van der Waals surface area contributed by atoms with E-state index in [9.17, 15) is 0 Å². The molecule has 4 atom stereocenters. The molecule has 2 aliphatic carbocycles. The summed E-state index contributed by atoms with van der Waals surface area (Å²) in [5.41, 5.74) is 2.03. The van der Waals surface area contributed by atoms with Crippen LogP contribution in [-0.4, -0.2) is 14.4 Å². The highest BCUT2D eigenvalue weighted by Crippen LogP contribution is 2.59. The second-order valence-electron chi connectivity index (χ2n) is 10.6. The van der Waals surface area contributed by atoms with Crippen LogP contribution in [0.15, 0.2) is 36.0 Å². The number of hydrogen-bond acceptors (Lipinski definition) is 1. The first kappa shape index (κ1) is 22.7. The van der Waals surface area contributed by atoms with Gasteiger partial charge in [-0.2, -0.15) is 0 Å². The van der Waals surface area contributed by atoms with Gasteiger partial charge >= 0.3 is 0 Å². The second kappa shape index (κ2) is 8.82. The van der Waals surface area contributed by atoms with Crippen LogP contribution in [0.5, 0.6) is 0 Å². The van der Waals surface area contributed by atoms with E-state index in [1.54, 1.807) is 5.57 Å². The van der Waals surface area contributed by atoms with Crippen LogP contribution in [0.1, 0.15) is 80.1 Å². The van der Waals surface area contributed by atoms with Gasteiger partial charge in [0.25, 0.3) is 0 Å². The fourth-order valence-electron chi connectivity index (χ4n) is 5.23. The van der Waals surface area contributed by atoms with E-state index in [1.165, 1.54) is 32.1 Å². The van der Waals surface area contributed by atoms with Crippen LogP contribution in [0, 0.1) is 17.3 Å². The van der Waals surface area contributed by atoms with E-state index < -0.39 is 8.32 Å². The quantitative estimate of drug-likeness (QED) is 0.254. The van der Waals surface area contributed by atoms with Gasteiger partial charge in [-0.1, -0.05) is 70.1 Å². The number of allylic oxidation sites excluding steroid dienone is 6. The Kier molecular flexibility index (Phi) is 7.41. The van der Waals surface area contributed by atoms with Crippen molar-refractivity contribution in [1.29, 1.82) is 0 Å². The second-order valence-corrected chi connectivity index (χ2v) is 15.3. The summed E-state index contributed by atoms with van der Waals surface area (Å²) in [5, 5.41) is 0.293. The van der Waals surface area contributed by atoms with Crippen molar-refractivity contribution < 1.29 is 4.43 Å². The fraction of sp³-hybridized carbons (Fsp3) is 0.760. The van der Waals surface area contributed by atoms with E-state index in [4.69, 9.17) is 4.43 Å². The van der Waals surface area contributed by atoms with Crippen molar-refractivity contribution in [3.63, 3.8) is 0 Å². The van der Waals surface area contributed by atoms with Gasteiger partial charge in [-0.25, -0.2) is 0 Å². The smallest absolute Gasteiger partial charge is 0.192 e. The molecular weight excluding hydrogens is 344 g/mol. The van der Waals surface area contributed by atoms with E-state index in [-0.39, 0.29) is 0 Å². The topological polar surface area (TPSA) is 9.23 Å². The van der Waals surface area contributed by atoms with Gasteiger partial charge in [0.15, 0.2) is 8.32 Å². The van der Waals surface area contributed by atoms with Crippen molar-refractivity contribution in [1.82, 2.24) is 0 Å². The molecule has 27 heavy (non-hydrogen) atoms. The van der Waals surface area contributed by atoms with Crippen molar-refractivity contribution in [3.05, 3.63) is 36.0 Å². The molecule has 0 bridgehead atoms. The third kappa shape index (κ3) is 4.88. The van der Waals surface area contributed by atoms with Gasteiger partial charge in [-0.05, 0) is 81.3 Å². The summed E-state index contributed by atoms with van der Waals surface area (Å²) >= 11 is 0. The highest BCUT2D eigenvalue weighted by atomic mass is 28.4. The Bertz CT molecular complexity index is 578. The Morgan fingerprint density at radius 1 is 1.11 bits per heavy atom. The normalized spacial score (nSPS) is 33.2. The molecule has 0 aromatic rings. The third-order valence-electron chi connectivity index (χ3n) is 7.85. The SMILES string of the molecule is C/C=C/C=C(\C/C=C/C)[C@@H]1CC[C@@H]2[C@H](O[Si](C)(C)C(C)(C)C)CCC[C@]21C. The Morgan fingerprint density at radius 3 is 2.41 bits per heavy atom. The molecule has 0 N–H and O–H groups in total. The minimum atomic E-state index is -1.71. The minimum absolute atomic E-state index is 0.293. The van der Waals surface area contributed by atoms with Crippen LogP contribution in [0.4, 0.5) is 0 Å². The molecule has 154 valence electrons. The standard InChI is InChI=1S/C25H44OSi/c1-9-11-14-20(15-12-10-2)21-17-18-22-23(16-13-19-25(21,22)6)26-27(7,8)24(3,4)5/h9-12,14,21-23H,13,15-19H2,1-8H3/b11-9+,12-10+,20-14+/t21-,22+,23+,25-/m0/s1. The van der Waals surface area contributed by atoms with Crippen LogP contribution in [0.2, 0.25) is 18.1 Å². The third-order valence-corrected chi connectivity index (χ3v) is 12.4. The lowest BCUT2D eigenvalue weighted by Crippen LogP contribution is -2.50. The predicted molar refractivity (Wildman–Crippen MR) is 123 cm³/mol. The molecule has 0 amide bonds. The molecule has 0 heterocycles. The molecule has 2 saturated carbocycles. The summed E-state index contributed by atoms with van der Waals surface area (Å²) < 4.78 is 7.00. The van der Waals surface area contributed by atoms with E-state index >= 15 is 0 Å². The lowest BCUT2D eigenvalue weighted by Gasteiger charge is -2.49. The molecule has 1 nitrogen and oxygen atoms in total. The highest BCUT2D eigenvalue weighted by molar-refractivity contribution is 6.74. The van der Waals surface area contributed by atoms with Crippen LogP contribution in [0.25, 0.3) is 0 Å². The largest absolute Gasteiger partial charge is 0.414 e. The lowest BCUT2D eigenvalue weighted by atomic mass is 9.62. The molecule has 2 rings (SSSR count). The van der Waals surface area contributed by atoms with Crippen molar-refractivity contribution in [2.45, 2.75) is 104 Å². The molecule has 0 aliphatic heterocycles. The molecule has 0 unspecified atom stereocenters. The molecule has 0 saturated heterocycles. The molecule has 2 heteroatoms. The Labute approximate surface area is 170 Å². The summed E-state index contributed by atoms with van der Waals surface area (Å²) in [5.74, 6) is 1.44. The van der Waals surface area contributed by atoms with Crippen molar-refractivity contribution in [3.8, 4) is 0 Å². The monoisotopic (exact) mass is 388 g/mol.